The second-order valence-electron chi connectivity index (χ2n) is 14.8. The average molecular weight is 789 g/mol. The molecular weight excluding hydrogens is 742 g/mol. The zero-order valence-corrected chi connectivity index (χ0v) is 33.2. The van der Waals surface area contributed by atoms with Gasteiger partial charge in [-0.3, -0.25) is 14.1 Å². The Morgan fingerprint density at radius 2 is 1.15 bits per heavy atom. The van der Waals surface area contributed by atoms with E-state index in [2.05, 4.69) is 0 Å². The number of ketones is 1. The van der Waals surface area contributed by atoms with E-state index in [1.807, 2.05) is 25.1 Å². The van der Waals surface area contributed by atoms with Crippen molar-refractivity contribution in [3.8, 4) is 0 Å². The molecule has 0 aliphatic heterocycles. The number of rotatable bonds is 11. The van der Waals surface area contributed by atoms with Gasteiger partial charge in [-0.1, -0.05) is 23.8 Å². The molecule has 3 aromatic rings. The summed E-state index contributed by atoms with van der Waals surface area (Å²) in [6.07, 6.45) is -12.5. The SMILES string of the molecule is Cc1cc(C)c(C)c(C(=O)CC2CC(OC(=O)c3cc(C)cc(C)c3C)CC(OC(=O)c3cc(C)cc(C)c3C)C2C(=O)OC(CS(=O)(=O)O)C(F)(F)F)c1. The predicted molar refractivity (Wildman–Crippen MR) is 198 cm³/mol. The van der Waals surface area contributed by atoms with Crippen LogP contribution in [0.1, 0.15) is 100 Å². The first-order valence-corrected chi connectivity index (χ1v) is 19.4. The molecule has 5 atom stereocenters. The third-order valence-corrected chi connectivity index (χ3v) is 11.1. The molecule has 0 radical (unpaired) electrons. The summed E-state index contributed by atoms with van der Waals surface area (Å²) < 4.78 is 91.4. The van der Waals surface area contributed by atoms with Gasteiger partial charge in [0.1, 0.15) is 18.0 Å². The summed E-state index contributed by atoms with van der Waals surface area (Å²) in [4.78, 5) is 55.6. The van der Waals surface area contributed by atoms with Gasteiger partial charge in [-0.05, 0) is 137 Å². The topological polar surface area (TPSA) is 150 Å². The number of esters is 3. The molecule has 4 rings (SSSR count). The van der Waals surface area contributed by atoms with E-state index >= 15 is 0 Å². The molecule has 0 bridgehead atoms. The number of Topliss-reactive ketones (excluding diaryl/α,β-unsaturated/α-hetero) is 1. The summed E-state index contributed by atoms with van der Waals surface area (Å²) in [5.74, 6) is -8.71. The Labute approximate surface area is 319 Å². The van der Waals surface area contributed by atoms with E-state index in [4.69, 9.17) is 14.2 Å². The molecule has 55 heavy (non-hydrogen) atoms. The largest absolute Gasteiger partial charge is 0.459 e. The molecule has 1 N–H and O–H groups in total. The number of carbonyl (C=O) groups excluding carboxylic acids is 4. The van der Waals surface area contributed by atoms with Crippen LogP contribution in [-0.2, 0) is 29.1 Å². The normalized spacial score (nSPS) is 19.4. The van der Waals surface area contributed by atoms with Crippen molar-refractivity contribution in [2.24, 2.45) is 11.8 Å². The van der Waals surface area contributed by atoms with Crippen LogP contribution in [0.3, 0.4) is 0 Å². The third kappa shape index (κ3) is 10.6. The van der Waals surface area contributed by atoms with E-state index in [1.54, 1.807) is 73.6 Å². The third-order valence-electron chi connectivity index (χ3n) is 10.4. The number of ether oxygens (including phenoxy) is 3. The predicted octanol–water partition coefficient (Wildman–Crippen LogP) is 7.87. The molecule has 0 heterocycles. The zero-order valence-electron chi connectivity index (χ0n) is 32.3. The van der Waals surface area contributed by atoms with Gasteiger partial charge >= 0.3 is 24.1 Å². The van der Waals surface area contributed by atoms with Crippen molar-refractivity contribution in [2.75, 3.05) is 5.75 Å². The van der Waals surface area contributed by atoms with Crippen LogP contribution in [0.5, 0.6) is 0 Å². The summed E-state index contributed by atoms with van der Waals surface area (Å²) in [5, 5.41) is 0. The summed E-state index contributed by atoms with van der Waals surface area (Å²) in [5.41, 5.74) is 7.12. The highest BCUT2D eigenvalue weighted by Crippen LogP contribution is 2.40. The van der Waals surface area contributed by atoms with Crippen molar-refractivity contribution in [1.29, 1.82) is 0 Å². The zero-order chi connectivity index (χ0) is 41.3. The monoisotopic (exact) mass is 788 g/mol. The van der Waals surface area contributed by atoms with Crippen molar-refractivity contribution in [3.63, 3.8) is 0 Å². The van der Waals surface area contributed by atoms with Crippen LogP contribution >= 0.6 is 0 Å². The maximum absolute atomic E-state index is 14.1. The fraction of sp³-hybridized carbons (Fsp3) is 0.463. The van der Waals surface area contributed by atoms with E-state index in [0.717, 1.165) is 27.8 Å². The summed E-state index contributed by atoms with van der Waals surface area (Å²) >= 11 is 0. The van der Waals surface area contributed by atoms with Crippen LogP contribution in [0.2, 0.25) is 0 Å². The number of hydrogen-bond donors (Lipinski definition) is 1. The molecular formula is C41H47F3O10S. The molecule has 1 aliphatic carbocycles. The fourth-order valence-corrected chi connectivity index (χ4v) is 7.90. The lowest BCUT2D eigenvalue weighted by atomic mass is 9.72. The van der Waals surface area contributed by atoms with Gasteiger partial charge in [0, 0.05) is 18.4 Å². The quantitative estimate of drug-likeness (QED) is 0.0880. The number of alkyl halides is 3. The van der Waals surface area contributed by atoms with Gasteiger partial charge in [0.25, 0.3) is 10.1 Å². The van der Waals surface area contributed by atoms with E-state index in [9.17, 15) is 45.3 Å². The molecule has 5 unspecified atom stereocenters. The minimum absolute atomic E-state index is 0.118. The Balaban J connectivity index is 1.84. The minimum atomic E-state index is -5.42. The maximum atomic E-state index is 14.1. The lowest BCUT2D eigenvalue weighted by Crippen LogP contribution is -2.50. The lowest BCUT2D eigenvalue weighted by Gasteiger charge is -2.40. The van der Waals surface area contributed by atoms with Crippen molar-refractivity contribution < 1.29 is 59.5 Å². The minimum Gasteiger partial charge on any atom is -0.459 e. The summed E-state index contributed by atoms with van der Waals surface area (Å²) in [6.45, 7) is 15.9. The number of halogens is 3. The molecule has 10 nitrogen and oxygen atoms in total. The first-order chi connectivity index (χ1) is 25.4. The molecule has 14 heteroatoms. The van der Waals surface area contributed by atoms with Gasteiger partial charge in [-0.15, -0.1) is 0 Å². The van der Waals surface area contributed by atoms with Crippen molar-refractivity contribution in [3.05, 3.63) is 103 Å². The highest BCUT2D eigenvalue weighted by Gasteiger charge is 2.51. The number of carbonyl (C=O) groups is 4. The van der Waals surface area contributed by atoms with E-state index in [-0.39, 0.29) is 24.0 Å². The molecule has 1 fully saturated rings. The van der Waals surface area contributed by atoms with E-state index < -0.39 is 82.3 Å². The number of benzene rings is 3. The van der Waals surface area contributed by atoms with Gasteiger partial charge in [0.2, 0.25) is 6.10 Å². The first kappa shape index (κ1) is 43.2. The Bertz CT molecular complexity index is 2040. The standard InChI is InChI=1S/C41H47F3O10S/c1-20-10-23(4)26(7)31(13-20)34(45)17-29-16-30(52-38(46)32-14-21(2)11-24(5)27(32)8)18-35(53-39(47)33-15-22(3)12-25(6)28(33)9)37(29)40(48)54-36(41(42,43)44)19-55(49,50)51/h10-15,29-30,35-37H,16-19H2,1-9H3,(H,49,50,51). The second-order valence-corrected chi connectivity index (χ2v) is 16.3. The molecule has 0 spiro atoms. The second kappa shape index (κ2) is 16.7. The number of hydrogen-bond acceptors (Lipinski definition) is 9. The van der Waals surface area contributed by atoms with Crippen LogP contribution < -0.4 is 0 Å². The smallest absolute Gasteiger partial charge is 0.426 e. The first-order valence-electron chi connectivity index (χ1n) is 17.8. The summed E-state index contributed by atoms with van der Waals surface area (Å²) in [6, 6.07) is 10.4. The fourth-order valence-electron chi connectivity index (χ4n) is 7.26. The Hall–Kier alpha value is -4.56. The molecule has 0 aromatic heterocycles. The van der Waals surface area contributed by atoms with Crippen LogP contribution in [0, 0.1) is 74.1 Å². The Kier molecular flexibility index (Phi) is 13.1. The van der Waals surface area contributed by atoms with Crippen LogP contribution in [-0.4, -0.2) is 66.9 Å². The Morgan fingerprint density at radius 3 is 1.60 bits per heavy atom. The average Bonchev–Trinajstić information content (AvgIpc) is 3.04. The van der Waals surface area contributed by atoms with E-state index in [0.29, 0.717) is 27.8 Å². The highest BCUT2D eigenvalue weighted by molar-refractivity contribution is 7.85. The Morgan fingerprint density at radius 1 is 0.709 bits per heavy atom. The molecule has 0 saturated heterocycles. The van der Waals surface area contributed by atoms with Crippen molar-refractivity contribution in [2.45, 2.75) is 106 Å². The molecule has 0 amide bonds. The molecule has 3 aromatic carbocycles. The van der Waals surface area contributed by atoms with Crippen molar-refractivity contribution in [1.82, 2.24) is 0 Å². The van der Waals surface area contributed by atoms with Gasteiger partial charge in [0.15, 0.2) is 5.78 Å². The van der Waals surface area contributed by atoms with E-state index in [1.165, 1.54) is 0 Å². The van der Waals surface area contributed by atoms with Crippen molar-refractivity contribution >= 4 is 33.8 Å². The molecule has 1 saturated carbocycles. The lowest BCUT2D eigenvalue weighted by molar-refractivity contribution is -0.221. The maximum Gasteiger partial charge on any atom is 0.426 e. The van der Waals surface area contributed by atoms with Gasteiger partial charge in [-0.2, -0.15) is 21.6 Å². The van der Waals surface area contributed by atoms with Crippen LogP contribution in [0.4, 0.5) is 13.2 Å². The molecule has 298 valence electrons. The van der Waals surface area contributed by atoms with Crippen LogP contribution in [0.15, 0.2) is 36.4 Å². The highest BCUT2D eigenvalue weighted by atomic mass is 32.2. The summed E-state index contributed by atoms with van der Waals surface area (Å²) in [7, 11) is -5.30. The van der Waals surface area contributed by atoms with Gasteiger partial charge in [0.05, 0.1) is 17.0 Å². The molecule has 1 aliphatic rings. The van der Waals surface area contributed by atoms with Gasteiger partial charge < -0.3 is 14.2 Å². The van der Waals surface area contributed by atoms with Gasteiger partial charge in [-0.25, -0.2) is 9.59 Å². The number of aryl methyl sites for hydroxylation is 6. The van der Waals surface area contributed by atoms with Crippen LogP contribution in [0.25, 0.3) is 0 Å².